The molecule has 5 nitrogen and oxygen atoms in total. The molecule has 6 heteroatoms. The van der Waals surface area contributed by atoms with Crippen molar-refractivity contribution < 1.29 is 4.79 Å². The van der Waals surface area contributed by atoms with Crippen molar-refractivity contribution in [3.05, 3.63) is 5.51 Å². The van der Waals surface area contributed by atoms with E-state index in [0.717, 1.165) is 18.2 Å². The van der Waals surface area contributed by atoms with Crippen LogP contribution in [-0.4, -0.2) is 29.2 Å². The number of nitrogens with zero attached hydrogens (tertiary/aromatic N) is 2. The van der Waals surface area contributed by atoms with Gasteiger partial charge < -0.3 is 10.6 Å². The van der Waals surface area contributed by atoms with Crippen LogP contribution in [0.4, 0.5) is 5.13 Å². The van der Waals surface area contributed by atoms with Crippen LogP contribution in [0.1, 0.15) is 6.42 Å². The van der Waals surface area contributed by atoms with E-state index in [0.29, 0.717) is 12.3 Å². The van der Waals surface area contributed by atoms with Gasteiger partial charge in [-0.05, 0) is 0 Å². The molecule has 2 N–H and O–H groups in total. The topological polar surface area (TPSA) is 66.9 Å². The zero-order valence-corrected chi connectivity index (χ0v) is 7.80. The van der Waals surface area contributed by atoms with Crippen LogP contribution in [0.3, 0.4) is 0 Å². The fraction of sp³-hybridized carbons (Fsp3) is 0.571. The molecule has 0 saturated carbocycles. The lowest BCUT2D eigenvalue weighted by atomic mass is 10.1. The Balaban J connectivity index is 1.77. The Bertz CT molecular complexity index is 287. The summed E-state index contributed by atoms with van der Waals surface area (Å²) in [5.74, 6) is 0.528. The van der Waals surface area contributed by atoms with E-state index >= 15 is 0 Å². The van der Waals surface area contributed by atoms with E-state index in [4.69, 9.17) is 0 Å². The summed E-state index contributed by atoms with van der Waals surface area (Å²) in [6.45, 7) is 1.55. The van der Waals surface area contributed by atoms with Crippen molar-refractivity contribution in [1.29, 1.82) is 0 Å². The zero-order valence-electron chi connectivity index (χ0n) is 6.99. The molecule has 2 heterocycles. The van der Waals surface area contributed by atoms with Crippen molar-refractivity contribution in [1.82, 2.24) is 15.5 Å². The summed E-state index contributed by atoms with van der Waals surface area (Å²) in [4.78, 5) is 10.9. The summed E-state index contributed by atoms with van der Waals surface area (Å²) in [6, 6.07) is 0. The Morgan fingerprint density at radius 2 is 2.69 bits per heavy atom. The zero-order chi connectivity index (χ0) is 9.10. The lowest BCUT2D eigenvalue weighted by Gasteiger charge is -2.06. The van der Waals surface area contributed by atoms with Crippen LogP contribution in [-0.2, 0) is 4.79 Å². The van der Waals surface area contributed by atoms with E-state index in [-0.39, 0.29) is 5.91 Å². The minimum atomic E-state index is 0.143. The van der Waals surface area contributed by atoms with E-state index in [2.05, 4.69) is 20.8 Å². The van der Waals surface area contributed by atoms with Gasteiger partial charge in [-0.3, -0.25) is 4.79 Å². The Morgan fingerprint density at radius 3 is 3.31 bits per heavy atom. The lowest BCUT2D eigenvalue weighted by Crippen LogP contribution is -2.17. The highest BCUT2D eigenvalue weighted by Crippen LogP contribution is 2.12. The summed E-state index contributed by atoms with van der Waals surface area (Å²) < 4.78 is 0. The van der Waals surface area contributed by atoms with Crippen molar-refractivity contribution in [3.63, 3.8) is 0 Å². The fourth-order valence-electron chi connectivity index (χ4n) is 1.29. The summed E-state index contributed by atoms with van der Waals surface area (Å²) in [7, 11) is 0. The van der Waals surface area contributed by atoms with Gasteiger partial charge in [0.05, 0.1) is 0 Å². The third-order valence-electron chi connectivity index (χ3n) is 1.96. The van der Waals surface area contributed by atoms with Crippen LogP contribution < -0.4 is 10.6 Å². The molecule has 1 aliphatic heterocycles. The smallest absolute Gasteiger partial charge is 0.220 e. The first kappa shape index (κ1) is 8.43. The maximum atomic E-state index is 10.9. The number of hydrogen-bond donors (Lipinski definition) is 2. The van der Waals surface area contributed by atoms with Crippen molar-refractivity contribution in [2.45, 2.75) is 6.42 Å². The Kier molecular flexibility index (Phi) is 2.40. The highest BCUT2D eigenvalue weighted by Gasteiger charge is 2.20. The molecule has 70 valence electrons. The molecule has 1 aromatic heterocycles. The van der Waals surface area contributed by atoms with Crippen LogP contribution in [0, 0.1) is 5.92 Å². The summed E-state index contributed by atoms with van der Waals surface area (Å²) in [5, 5.41) is 14.3. The second-order valence-corrected chi connectivity index (χ2v) is 3.83. The number of nitrogens with one attached hydrogen (secondary N) is 2. The number of anilines is 1. The molecule has 1 aromatic rings. The molecule has 2 rings (SSSR count). The Morgan fingerprint density at radius 1 is 1.77 bits per heavy atom. The molecule has 0 spiro atoms. The van der Waals surface area contributed by atoms with E-state index in [9.17, 15) is 4.79 Å². The van der Waals surface area contributed by atoms with Crippen LogP contribution in [0.5, 0.6) is 0 Å². The molecular formula is C7H10N4OS. The highest BCUT2D eigenvalue weighted by molar-refractivity contribution is 7.13. The Labute approximate surface area is 79.6 Å². The SMILES string of the molecule is O=C1CC(CNc2nncs2)CN1. The molecule has 1 atom stereocenters. The summed E-state index contributed by atoms with van der Waals surface area (Å²) >= 11 is 1.47. The minimum Gasteiger partial charge on any atom is -0.360 e. The Hall–Kier alpha value is -1.17. The van der Waals surface area contributed by atoms with Gasteiger partial charge in [-0.15, -0.1) is 10.2 Å². The van der Waals surface area contributed by atoms with Crippen molar-refractivity contribution in [3.8, 4) is 0 Å². The predicted octanol–water partition coefficient (Wildman–Crippen LogP) is 0.0861. The molecule has 1 saturated heterocycles. The number of rotatable bonds is 3. The fourth-order valence-corrected chi connectivity index (χ4v) is 1.75. The average molecular weight is 198 g/mol. The number of carbonyl (C=O) groups is 1. The van der Waals surface area contributed by atoms with Crippen molar-refractivity contribution in [2.75, 3.05) is 18.4 Å². The molecule has 0 bridgehead atoms. The first-order valence-electron chi connectivity index (χ1n) is 4.11. The molecule has 1 unspecified atom stereocenters. The minimum absolute atomic E-state index is 0.143. The average Bonchev–Trinajstić information content (AvgIpc) is 2.71. The highest BCUT2D eigenvalue weighted by atomic mass is 32.1. The summed E-state index contributed by atoms with van der Waals surface area (Å²) in [5.41, 5.74) is 1.68. The molecule has 13 heavy (non-hydrogen) atoms. The van der Waals surface area contributed by atoms with Crippen LogP contribution in [0.15, 0.2) is 5.51 Å². The predicted molar refractivity (Wildman–Crippen MR) is 49.5 cm³/mol. The molecule has 0 radical (unpaired) electrons. The molecule has 0 aromatic carbocycles. The van der Waals surface area contributed by atoms with Gasteiger partial charge in [0.1, 0.15) is 5.51 Å². The van der Waals surface area contributed by atoms with Gasteiger partial charge in [0.25, 0.3) is 0 Å². The van der Waals surface area contributed by atoms with Gasteiger partial charge in [0.2, 0.25) is 11.0 Å². The lowest BCUT2D eigenvalue weighted by molar-refractivity contribution is -0.119. The largest absolute Gasteiger partial charge is 0.360 e. The standard InChI is InChI=1S/C7H10N4OS/c12-6-1-5(2-8-6)3-9-7-11-10-4-13-7/h4-5H,1-3H2,(H,8,12)(H,9,11). The van der Waals surface area contributed by atoms with Gasteiger partial charge in [-0.1, -0.05) is 11.3 Å². The second-order valence-electron chi connectivity index (χ2n) is 3.00. The van der Waals surface area contributed by atoms with E-state index < -0.39 is 0 Å². The number of amides is 1. The van der Waals surface area contributed by atoms with Gasteiger partial charge in [-0.2, -0.15) is 0 Å². The first-order valence-corrected chi connectivity index (χ1v) is 4.99. The number of hydrogen-bond acceptors (Lipinski definition) is 5. The maximum Gasteiger partial charge on any atom is 0.220 e. The van der Waals surface area contributed by atoms with Gasteiger partial charge in [0, 0.05) is 25.4 Å². The molecule has 1 fully saturated rings. The van der Waals surface area contributed by atoms with Gasteiger partial charge >= 0.3 is 0 Å². The molecule has 0 aliphatic carbocycles. The number of aromatic nitrogens is 2. The van der Waals surface area contributed by atoms with Gasteiger partial charge in [-0.25, -0.2) is 0 Å². The van der Waals surface area contributed by atoms with E-state index in [1.54, 1.807) is 5.51 Å². The first-order chi connectivity index (χ1) is 6.34. The monoisotopic (exact) mass is 198 g/mol. The third kappa shape index (κ3) is 2.15. The van der Waals surface area contributed by atoms with E-state index in [1.165, 1.54) is 11.3 Å². The van der Waals surface area contributed by atoms with Crippen LogP contribution >= 0.6 is 11.3 Å². The molecule has 1 amide bonds. The molecule has 1 aliphatic rings. The van der Waals surface area contributed by atoms with Gasteiger partial charge in [0.15, 0.2) is 0 Å². The quantitative estimate of drug-likeness (QED) is 0.722. The van der Waals surface area contributed by atoms with Crippen LogP contribution in [0.2, 0.25) is 0 Å². The maximum absolute atomic E-state index is 10.9. The third-order valence-corrected chi connectivity index (χ3v) is 2.61. The van der Waals surface area contributed by atoms with Crippen molar-refractivity contribution >= 4 is 22.4 Å². The van der Waals surface area contributed by atoms with Crippen LogP contribution in [0.25, 0.3) is 0 Å². The number of carbonyl (C=O) groups excluding carboxylic acids is 1. The molecular weight excluding hydrogens is 188 g/mol. The van der Waals surface area contributed by atoms with Crippen molar-refractivity contribution in [2.24, 2.45) is 5.92 Å². The summed E-state index contributed by atoms with van der Waals surface area (Å²) in [6.07, 6.45) is 0.617. The normalized spacial score (nSPS) is 21.5. The second kappa shape index (κ2) is 3.69. The van der Waals surface area contributed by atoms with E-state index in [1.807, 2.05) is 0 Å².